The quantitative estimate of drug-likeness (QED) is 0.817. The highest BCUT2D eigenvalue weighted by atomic mass is 35.5. The van der Waals surface area contributed by atoms with E-state index < -0.39 is 11.8 Å². The van der Waals surface area contributed by atoms with Gasteiger partial charge in [0.25, 0.3) is 0 Å². The van der Waals surface area contributed by atoms with E-state index in [1.165, 1.54) is 0 Å². The van der Waals surface area contributed by atoms with E-state index in [1.807, 2.05) is 30.3 Å². The number of amides is 2. The van der Waals surface area contributed by atoms with Crippen LogP contribution in [0, 0.1) is 0 Å². The van der Waals surface area contributed by atoms with Crippen LogP contribution in [0.5, 0.6) is 0 Å². The smallest absolute Gasteiger partial charge is 0.313 e. The molecule has 2 aromatic rings. The van der Waals surface area contributed by atoms with Gasteiger partial charge in [-0.05, 0) is 24.3 Å². The third-order valence-electron chi connectivity index (χ3n) is 4.08. The van der Waals surface area contributed by atoms with Crippen molar-refractivity contribution in [2.45, 2.75) is 0 Å². The zero-order valence-electron chi connectivity index (χ0n) is 13.4. The first-order valence-corrected chi connectivity index (χ1v) is 8.66. The number of para-hydroxylation sites is 2. The van der Waals surface area contributed by atoms with Crippen molar-refractivity contribution >= 4 is 46.4 Å². The van der Waals surface area contributed by atoms with Crippen LogP contribution in [0.3, 0.4) is 0 Å². The highest BCUT2D eigenvalue weighted by Gasteiger charge is 2.27. The average Bonchev–Trinajstić information content (AvgIpc) is 2.65. The summed E-state index contributed by atoms with van der Waals surface area (Å²) in [7, 11) is 0. The molecule has 2 aromatic carbocycles. The van der Waals surface area contributed by atoms with Crippen molar-refractivity contribution in [1.29, 1.82) is 0 Å². The fourth-order valence-electron chi connectivity index (χ4n) is 2.73. The molecule has 1 saturated heterocycles. The van der Waals surface area contributed by atoms with E-state index in [0.717, 1.165) is 5.69 Å². The Morgan fingerprint density at radius 2 is 1.44 bits per heavy atom. The number of nitrogens with zero attached hydrogens (tertiary/aromatic N) is 2. The lowest BCUT2D eigenvalue weighted by molar-refractivity contribution is -0.143. The van der Waals surface area contributed by atoms with Crippen LogP contribution in [-0.4, -0.2) is 42.9 Å². The number of hydrogen-bond acceptors (Lipinski definition) is 3. The fraction of sp³-hybridized carbons (Fsp3) is 0.222. The first kappa shape index (κ1) is 17.6. The van der Waals surface area contributed by atoms with Crippen LogP contribution in [0.2, 0.25) is 10.0 Å². The summed E-state index contributed by atoms with van der Waals surface area (Å²) < 4.78 is 0. The second-order valence-corrected chi connectivity index (χ2v) is 6.48. The van der Waals surface area contributed by atoms with Crippen LogP contribution in [0.25, 0.3) is 0 Å². The van der Waals surface area contributed by atoms with Crippen molar-refractivity contribution in [2.24, 2.45) is 0 Å². The summed E-state index contributed by atoms with van der Waals surface area (Å²) >= 11 is 12.0. The van der Waals surface area contributed by atoms with Gasteiger partial charge in [-0.25, -0.2) is 0 Å². The van der Waals surface area contributed by atoms with Gasteiger partial charge in [0.2, 0.25) is 0 Å². The van der Waals surface area contributed by atoms with Gasteiger partial charge in [-0.2, -0.15) is 0 Å². The second-order valence-electron chi connectivity index (χ2n) is 5.67. The SMILES string of the molecule is O=C(Nc1c(Cl)cccc1Cl)C(=O)N1CCN(c2ccccc2)CC1. The van der Waals surface area contributed by atoms with Gasteiger partial charge >= 0.3 is 11.8 Å². The van der Waals surface area contributed by atoms with Crippen LogP contribution in [0.1, 0.15) is 0 Å². The molecule has 25 heavy (non-hydrogen) atoms. The Kier molecular flexibility index (Phi) is 5.46. The molecule has 1 aliphatic rings. The summed E-state index contributed by atoms with van der Waals surface area (Å²) in [4.78, 5) is 28.3. The summed E-state index contributed by atoms with van der Waals surface area (Å²) in [5, 5.41) is 3.10. The Morgan fingerprint density at radius 1 is 0.840 bits per heavy atom. The maximum atomic E-state index is 12.4. The molecule has 2 amide bonds. The highest BCUT2D eigenvalue weighted by Crippen LogP contribution is 2.29. The molecule has 0 atom stereocenters. The molecule has 0 spiro atoms. The minimum Gasteiger partial charge on any atom is -0.368 e. The Hall–Kier alpha value is -2.24. The molecule has 0 aromatic heterocycles. The molecule has 5 nitrogen and oxygen atoms in total. The molecule has 1 N–H and O–H groups in total. The second kappa shape index (κ2) is 7.76. The van der Waals surface area contributed by atoms with Gasteiger partial charge in [0.05, 0.1) is 15.7 Å². The Labute approximate surface area is 156 Å². The van der Waals surface area contributed by atoms with E-state index in [1.54, 1.807) is 23.1 Å². The zero-order valence-corrected chi connectivity index (χ0v) is 14.9. The number of carbonyl (C=O) groups is 2. The lowest BCUT2D eigenvalue weighted by Crippen LogP contribution is -2.51. The molecule has 1 aliphatic heterocycles. The van der Waals surface area contributed by atoms with Gasteiger partial charge in [-0.1, -0.05) is 47.5 Å². The van der Waals surface area contributed by atoms with E-state index >= 15 is 0 Å². The minimum absolute atomic E-state index is 0.257. The molecule has 7 heteroatoms. The van der Waals surface area contributed by atoms with Gasteiger partial charge in [0, 0.05) is 31.9 Å². The Bertz CT molecular complexity index is 755. The molecule has 1 heterocycles. The van der Waals surface area contributed by atoms with Gasteiger partial charge in [0.15, 0.2) is 0 Å². The van der Waals surface area contributed by atoms with E-state index in [0.29, 0.717) is 36.2 Å². The number of carbonyl (C=O) groups excluding carboxylic acids is 2. The zero-order chi connectivity index (χ0) is 17.8. The fourth-order valence-corrected chi connectivity index (χ4v) is 3.23. The molecule has 0 aliphatic carbocycles. The molecule has 1 fully saturated rings. The monoisotopic (exact) mass is 377 g/mol. The lowest BCUT2D eigenvalue weighted by Gasteiger charge is -2.35. The van der Waals surface area contributed by atoms with Crippen molar-refractivity contribution in [1.82, 2.24) is 4.90 Å². The normalized spacial score (nSPS) is 14.3. The van der Waals surface area contributed by atoms with E-state index in [9.17, 15) is 9.59 Å². The number of hydrogen-bond donors (Lipinski definition) is 1. The summed E-state index contributed by atoms with van der Waals surface area (Å²) in [5.41, 5.74) is 1.37. The third-order valence-corrected chi connectivity index (χ3v) is 4.71. The van der Waals surface area contributed by atoms with Gasteiger partial charge < -0.3 is 15.1 Å². The van der Waals surface area contributed by atoms with Crippen molar-refractivity contribution in [3.05, 3.63) is 58.6 Å². The number of benzene rings is 2. The predicted octanol–water partition coefficient (Wildman–Crippen LogP) is 3.28. The highest BCUT2D eigenvalue weighted by molar-refractivity contribution is 6.44. The van der Waals surface area contributed by atoms with Crippen molar-refractivity contribution in [3.63, 3.8) is 0 Å². The van der Waals surface area contributed by atoms with Gasteiger partial charge in [-0.15, -0.1) is 0 Å². The Morgan fingerprint density at radius 3 is 2.04 bits per heavy atom. The van der Waals surface area contributed by atoms with Crippen molar-refractivity contribution in [2.75, 3.05) is 36.4 Å². The van der Waals surface area contributed by atoms with Crippen LogP contribution < -0.4 is 10.2 Å². The Balaban J connectivity index is 1.60. The largest absolute Gasteiger partial charge is 0.368 e. The van der Waals surface area contributed by atoms with E-state index in [-0.39, 0.29) is 5.69 Å². The molecule has 130 valence electrons. The van der Waals surface area contributed by atoms with E-state index in [4.69, 9.17) is 23.2 Å². The summed E-state index contributed by atoms with van der Waals surface area (Å²) in [6, 6.07) is 14.9. The molecule has 0 radical (unpaired) electrons. The molecular formula is C18H17Cl2N3O2. The molecular weight excluding hydrogens is 361 g/mol. The summed E-state index contributed by atoms with van der Waals surface area (Å²) in [6.45, 7) is 2.32. The molecule has 0 unspecified atom stereocenters. The summed E-state index contributed by atoms with van der Waals surface area (Å²) in [6.07, 6.45) is 0. The van der Waals surface area contributed by atoms with Gasteiger partial charge in [0.1, 0.15) is 0 Å². The first-order valence-electron chi connectivity index (χ1n) is 7.90. The third kappa shape index (κ3) is 4.06. The van der Waals surface area contributed by atoms with Crippen LogP contribution in [-0.2, 0) is 9.59 Å². The first-order chi connectivity index (χ1) is 12.1. The molecule has 3 rings (SSSR count). The van der Waals surface area contributed by atoms with Gasteiger partial charge in [-0.3, -0.25) is 9.59 Å². The average molecular weight is 378 g/mol. The van der Waals surface area contributed by atoms with E-state index in [2.05, 4.69) is 10.2 Å². The molecule has 0 saturated carbocycles. The number of rotatable bonds is 2. The maximum Gasteiger partial charge on any atom is 0.313 e. The predicted molar refractivity (Wildman–Crippen MR) is 100 cm³/mol. The standard InChI is InChI=1S/C18H17Cl2N3O2/c19-14-7-4-8-15(20)16(14)21-17(24)18(25)23-11-9-22(10-12-23)13-5-2-1-3-6-13/h1-8H,9-12H2,(H,21,24). The van der Waals surface area contributed by atoms with Crippen LogP contribution >= 0.6 is 23.2 Å². The maximum absolute atomic E-state index is 12.4. The lowest BCUT2D eigenvalue weighted by atomic mass is 10.2. The van der Waals surface area contributed by atoms with Crippen LogP contribution in [0.15, 0.2) is 48.5 Å². The van der Waals surface area contributed by atoms with Crippen molar-refractivity contribution in [3.8, 4) is 0 Å². The number of nitrogens with one attached hydrogen (secondary N) is 1. The number of anilines is 2. The minimum atomic E-state index is -0.733. The van der Waals surface area contributed by atoms with Crippen molar-refractivity contribution < 1.29 is 9.59 Å². The van der Waals surface area contributed by atoms with Crippen LogP contribution in [0.4, 0.5) is 11.4 Å². The number of piperazine rings is 1. The molecule has 0 bridgehead atoms. The topological polar surface area (TPSA) is 52.7 Å². The summed E-state index contributed by atoms with van der Waals surface area (Å²) in [5.74, 6) is -1.31. The number of halogens is 2.